The molecule has 10 heteroatoms. The number of fused-ring (bicyclic) bond motifs is 1. The third-order valence-electron chi connectivity index (χ3n) is 6.71. The minimum Gasteiger partial charge on any atom is -0.462 e. The van der Waals surface area contributed by atoms with Gasteiger partial charge in [0.2, 0.25) is 5.95 Å². The lowest BCUT2D eigenvalue weighted by Crippen LogP contribution is -2.37. The summed E-state index contributed by atoms with van der Waals surface area (Å²) in [5, 5.41) is 4.17. The van der Waals surface area contributed by atoms with Gasteiger partial charge in [-0.15, -0.1) is 0 Å². The van der Waals surface area contributed by atoms with Crippen molar-refractivity contribution in [3.05, 3.63) is 45.4 Å². The highest BCUT2D eigenvalue weighted by atomic mass is 35.5. The second kappa shape index (κ2) is 11.5. The van der Waals surface area contributed by atoms with Gasteiger partial charge in [-0.25, -0.2) is 9.78 Å². The molecule has 8 nitrogen and oxygen atoms in total. The number of benzene rings is 2. The van der Waals surface area contributed by atoms with Crippen molar-refractivity contribution in [2.24, 2.45) is 12.5 Å². The van der Waals surface area contributed by atoms with E-state index in [0.29, 0.717) is 71.9 Å². The number of ketones is 1. The van der Waals surface area contributed by atoms with Gasteiger partial charge in [-0.05, 0) is 37.1 Å². The van der Waals surface area contributed by atoms with E-state index in [1.165, 1.54) is 0 Å². The summed E-state index contributed by atoms with van der Waals surface area (Å²) in [4.78, 5) is 32.2. The molecule has 0 spiro atoms. The number of ether oxygens (including phenoxy) is 2. The Balaban J connectivity index is 1.70. The van der Waals surface area contributed by atoms with Crippen LogP contribution in [0.15, 0.2) is 24.3 Å². The molecule has 4 rings (SSSR count). The maximum atomic E-state index is 12.8. The zero-order valence-electron chi connectivity index (χ0n) is 22.5. The van der Waals surface area contributed by atoms with E-state index in [-0.39, 0.29) is 18.4 Å². The second-order valence-electron chi connectivity index (χ2n) is 10.4. The van der Waals surface area contributed by atoms with E-state index in [0.717, 1.165) is 16.8 Å². The van der Waals surface area contributed by atoms with Gasteiger partial charge in [0.25, 0.3) is 0 Å². The monoisotopic (exact) mass is 560 g/mol. The number of halogens is 2. The van der Waals surface area contributed by atoms with Gasteiger partial charge < -0.3 is 24.3 Å². The summed E-state index contributed by atoms with van der Waals surface area (Å²) in [6, 6.07) is 7.34. The largest absolute Gasteiger partial charge is 0.462 e. The van der Waals surface area contributed by atoms with Crippen LogP contribution in [-0.2, 0) is 27.7 Å². The molecule has 38 heavy (non-hydrogen) atoms. The van der Waals surface area contributed by atoms with E-state index in [4.69, 9.17) is 37.7 Å². The summed E-state index contributed by atoms with van der Waals surface area (Å²) in [5.41, 5.74) is 3.66. The highest BCUT2D eigenvalue weighted by Crippen LogP contribution is 2.37. The van der Waals surface area contributed by atoms with Gasteiger partial charge in [-0.1, -0.05) is 50.0 Å². The first-order valence-electron chi connectivity index (χ1n) is 12.8. The molecule has 0 radical (unpaired) electrons. The average Bonchev–Trinajstić information content (AvgIpc) is 3.19. The van der Waals surface area contributed by atoms with Crippen LogP contribution < -0.4 is 10.2 Å². The summed E-state index contributed by atoms with van der Waals surface area (Å²) in [6.45, 7) is 10.3. The van der Waals surface area contributed by atoms with Crippen molar-refractivity contribution in [2.75, 3.05) is 43.1 Å². The molecule has 1 N–H and O–H groups in total. The minimum atomic E-state index is -0.407. The minimum absolute atomic E-state index is 0.168. The topological polar surface area (TPSA) is 85.7 Å². The predicted octanol–water partition coefficient (Wildman–Crippen LogP) is 6.18. The fourth-order valence-corrected chi connectivity index (χ4v) is 4.98. The first-order chi connectivity index (χ1) is 18.0. The molecule has 0 amide bonds. The Kier molecular flexibility index (Phi) is 8.55. The number of Topliss-reactive ketones (excluding diaryl/α,β-unsaturated/α-hetero) is 1. The van der Waals surface area contributed by atoms with E-state index in [9.17, 15) is 9.59 Å². The smallest absolute Gasteiger partial charge is 0.340 e. The third kappa shape index (κ3) is 5.92. The van der Waals surface area contributed by atoms with Crippen LogP contribution in [0.3, 0.4) is 0 Å². The highest BCUT2D eigenvalue weighted by Gasteiger charge is 2.24. The van der Waals surface area contributed by atoms with Crippen molar-refractivity contribution in [3.8, 4) is 0 Å². The van der Waals surface area contributed by atoms with Crippen molar-refractivity contribution in [1.29, 1.82) is 0 Å². The number of hydrogen-bond acceptors (Lipinski definition) is 7. The average molecular weight is 562 g/mol. The fourth-order valence-electron chi connectivity index (χ4n) is 4.42. The Hall–Kier alpha value is -2.81. The molecule has 0 aliphatic carbocycles. The van der Waals surface area contributed by atoms with Crippen molar-refractivity contribution >= 4 is 63.3 Å². The van der Waals surface area contributed by atoms with Crippen LogP contribution in [-0.4, -0.2) is 54.2 Å². The molecule has 1 aliphatic heterocycles. The second-order valence-corrected chi connectivity index (χ2v) is 11.2. The van der Waals surface area contributed by atoms with Crippen LogP contribution in [0.25, 0.3) is 11.0 Å². The normalized spacial score (nSPS) is 14.1. The molecule has 1 fully saturated rings. The molecular weight excluding hydrogens is 527 g/mol. The lowest BCUT2D eigenvalue weighted by Gasteiger charge is -2.30. The van der Waals surface area contributed by atoms with Crippen molar-refractivity contribution in [3.63, 3.8) is 0 Å². The predicted molar refractivity (Wildman–Crippen MR) is 152 cm³/mol. The molecule has 0 saturated carbocycles. The summed E-state index contributed by atoms with van der Waals surface area (Å²) in [6.07, 6.45) is 0.896. The van der Waals surface area contributed by atoms with Gasteiger partial charge in [0, 0.05) is 32.0 Å². The summed E-state index contributed by atoms with van der Waals surface area (Å²) >= 11 is 13.3. The molecule has 2 heterocycles. The number of imidazole rings is 1. The number of esters is 1. The van der Waals surface area contributed by atoms with Crippen LogP contribution >= 0.6 is 23.2 Å². The maximum absolute atomic E-state index is 12.8. The first-order valence-corrected chi connectivity index (χ1v) is 13.5. The number of rotatable bonds is 8. The van der Waals surface area contributed by atoms with Gasteiger partial charge in [-0.2, -0.15) is 0 Å². The number of morpholine rings is 1. The Bertz CT molecular complexity index is 1360. The lowest BCUT2D eigenvalue weighted by molar-refractivity contribution is -0.126. The van der Waals surface area contributed by atoms with Gasteiger partial charge >= 0.3 is 5.97 Å². The Morgan fingerprint density at radius 2 is 1.87 bits per heavy atom. The van der Waals surface area contributed by atoms with E-state index in [2.05, 4.69) is 10.2 Å². The molecule has 1 aliphatic rings. The number of hydrogen-bond donors (Lipinski definition) is 1. The third-order valence-corrected chi connectivity index (χ3v) is 7.46. The number of carbonyl (C=O) groups is 2. The quantitative estimate of drug-likeness (QED) is 0.329. The number of nitrogens with one attached hydrogen (secondary N) is 1. The number of anilines is 3. The standard InChI is InChI=1S/C28H34Cl2N4O4/c1-6-38-26(36)18-15-20-22(16-21(18)34-11-13-37-14-12-34)33(5)27(31-20)32-25-19(29)9-7-17(24(25)30)8-10-23(35)28(2,3)4/h7,9,15-16H,6,8,10-14H2,1-5H3,(H,31,32). The molecule has 204 valence electrons. The van der Waals surface area contributed by atoms with Crippen LogP contribution in [0, 0.1) is 5.41 Å². The Labute approximate surface area is 233 Å². The molecular formula is C28H34Cl2N4O4. The summed E-state index contributed by atoms with van der Waals surface area (Å²) in [7, 11) is 1.89. The van der Waals surface area contributed by atoms with Crippen LogP contribution in [0.4, 0.5) is 17.3 Å². The lowest BCUT2D eigenvalue weighted by atomic mass is 9.87. The van der Waals surface area contributed by atoms with Crippen molar-refractivity contribution in [1.82, 2.24) is 9.55 Å². The zero-order chi connectivity index (χ0) is 27.6. The molecule has 1 aromatic heterocycles. The van der Waals surface area contributed by atoms with Crippen LogP contribution in [0.5, 0.6) is 0 Å². The molecule has 0 unspecified atom stereocenters. The zero-order valence-corrected chi connectivity index (χ0v) is 24.0. The van der Waals surface area contributed by atoms with Gasteiger partial charge in [0.1, 0.15) is 5.78 Å². The Morgan fingerprint density at radius 1 is 1.16 bits per heavy atom. The van der Waals surface area contributed by atoms with Crippen molar-refractivity contribution in [2.45, 2.75) is 40.5 Å². The van der Waals surface area contributed by atoms with Gasteiger partial charge in [0.05, 0.1) is 57.8 Å². The van der Waals surface area contributed by atoms with Gasteiger partial charge in [0.15, 0.2) is 0 Å². The first kappa shape index (κ1) is 28.2. The number of carbonyl (C=O) groups excluding carboxylic acids is 2. The number of aryl methyl sites for hydroxylation is 2. The molecule has 0 bridgehead atoms. The molecule has 2 aromatic carbocycles. The van der Waals surface area contributed by atoms with Gasteiger partial charge in [-0.3, -0.25) is 4.79 Å². The van der Waals surface area contributed by atoms with E-state index in [1.54, 1.807) is 19.1 Å². The van der Waals surface area contributed by atoms with Crippen LogP contribution in [0.1, 0.15) is 50.0 Å². The van der Waals surface area contributed by atoms with E-state index in [1.807, 2.05) is 44.5 Å². The summed E-state index contributed by atoms with van der Waals surface area (Å²) < 4.78 is 12.7. The van der Waals surface area contributed by atoms with Crippen LogP contribution in [0.2, 0.25) is 10.0 Å². The molecule has 3 aromatic rings. The highest BCUT2D eigenvalue weighted by molar-refractivity contribution is 6.39. The van der Waals surface area contributed by atoms with E-state index >= 15 is 0 Å². The summed E-state index contributed by atoms with van der Waals surface area (Å²) in [5.74, 6) is 0.294. The molecule has 1 saturated heterocycles. The fraction of sp³-hybridized carbons (Fsp3) is 0.464. The molecule has 0 atom stereocenters. The SMILES string of the molecule is CCOC(=O)c1cc2nc(Nc3c(Cl)ccc(CCC(=O)C(C)(C)C)c3Cl)n(C)c2cc1N1CCOCC1. The maximum Gasteiger partial charge on any atom is 0.340 e. The number of nitrogens with zero attached hydrogens (tertiary/aromatic N) is 3. The van der Waals surface area contributed by atoms with E-state index < -0.39 is 5.41 Å². The Morgan fingerprint density at radius 3 is 2.53 bits per heavy atom. The number of aromatic nitrogens is 2. The van der Waals surface area contributed by atoms with Crippen molar-refractivity contribution < 1.29 is 19.1 Å².